The minimum absolute atomic E-state index is 0.00714. The highest BCUT2D eigenvalue weighted by Gasteiger charge is 2.29. The van der Waals surface area contributed by atoms with E-state index in [1.165, 1.54) is 0 Å². The zero-order chi connectivity index (χ0) is 21.7. The van der Waals surface area contributed by atoms with Crippen molar-refractivity contribution < 1.29 is 22.4 Å². The number of hydrogen-bond donors (Lipinski definition) is 1. The number of benzene rings is 2. The molecule has 4 rings (SSSR count). The van der Waals surface area contributed by atoms with Crippen LogP contribution in [-0.2, 0) is 21.1 Å². The van der Waals surface area contributed by atoms with Gasteiger partial charge in [0.15, 0.2) is 15.6 Å². The number of hydrogen-bond acceptors (Lipinski definition) is 8. The van der Waals surface area contributed by atoms with E-state index in [0.29, 0.717) is 35.9 Å². The standard InChI is InChI=1S/C21H21N3O5S2/c25-19(22-17-8-4-5-9-18(17)28-16-6-2-1-3-7-16)13-30-21-24-23-20(29-21)12-15-10-11-31(26,27)14-15/h1-9,15H,10-14H2,(H,22,25)/t15-/m0/s1. The molecule has 1 saturated heterocycles. The first-order chi connectivity index (χ1) is 15.0. The van der Waals surface area contributed by atoms with E-state index in [1.807, 2.05) is 42.5 Å². The number of rotatable bonds is 8. The Bertz CT molecular complexity index is 1150. The zero-order valence-corrected chi connectivity index (χ0v) is 18.2. The molecule has 1 N–H and O–H groups in total. The van der Waals surface area contributed by atoms with Crippen molar-refractivity contribution in [3.8, 4) is 11.5 Å². The number of carbonyl (C=O) groups excluding carboxylic acids is 1. The molecule has 2 heterocycles. The topological polar surface area (TPSA) is 111 Å². The van der Waals surface area contributed by atoms with Crippen LogP contribution in [0.15, 0.2) is 64.2 Å². The van der Waals surface area contributed by atoms with Crippen molar-refractivity contribution in [3.05, 3.63) is 60.5 Å². The Morgan fingerprint density at radius 2 is 1.90 bits per heavy atom. The van der Waals surface area contributed by atoms with Gasteiger partial charge in [-0.05, 0) is 36.6 Å². The van der Waals surface area contributed by atoms with Gasteiger partial charge in [-0.1, -0.05) is 42.1 Å². The van der Waals surface area contributed by atoms with E-state index in [0.717, 1.165) is 11.8 Å². The predicted molar refractivity (Wildman–Crippen MR) is 117 cm³/mol. The van der Waals surface area contributed by atoms with Gasteiger partial charge in [-0.25, -0.2) is 8.42 Å². The van der Waals surface area contributed by atoms with Crippen LogP contribution in [0.2, 0.25) is 0 Å². The summed E-state index contributed by atoms with van der Waals surface area (Å²) in [6.45, 7) is 0. The lowest BCUT2D eigenvalue weighted by Crippen LogP contribution is -2.14. The van der Waals surface area contributed by atoms with Crippen LogP contribution in [0.3, 0.4) is 0 Å². The predicted octanol–water partition coefficient (Wildman–Crippen LogP) is 3.57. The number of aromatic nitrogens is 2. The van der Waals surface area contributed by atoms with Gasteiger partial charge in [0.05, 0.1) is 22.9 Å². The lowest BCUT2D eigenvalue weighted by molar-refractivity contribution is -0.113. The minimum atomic E-state index is -2.94. The fraction of sp³-hybridized carbons (Fsp3) is 0.286. The summed E-state index contributed by atoms with van der Waals surface area (Å²) in [5.41, 5.74) is 0.561. The second kappa shape index (κ2) is 9.52. The minimum Gasteiger partial charge on any atom is -0.455 e. The maximum atomic E-state index is 12.4. The molecule has 2 aromatic carbocycles. The third kappa shape index (κ3) is 6.08. The monoisotopic (exact) mass is 459 g/mol. The normalized spacial score (nSPS) is 17.4. The number of anilines is 1. The molecule has 1 fully saturated rings. The van der Waals surface area contributed by atoms with Crippen LogP contribution in [0.1, 0.15) is 12.3 Å². The van der Waals surface area contributed by atoms with E-state index in [9.17, 15) is 13.2 Å². The highest BCUT2D eigenvalue weighted by Crippen LogP contribution is 2.29. The molecule has 0 aliphatic carbocycles. The van der Waals surface area contributed by atoms with Gasteiger partial charge in [-0.2, -0.15) is 0 Å². The van der Waals surface area contributed by atoms with E-state index in [2.05, 4.69) is 15.5 Å². The molecule has 0 spiro atoms. The summed E-state index contributed by atoms with van der Waals surface area (Å²) in [4.78, 5) is 12.4. The number of amides is 1. The van der Waals surface area contributed by atoms with Crippen LogP contribution in [0, 0.1) is 5.92 Å². The Balaban J connectivity index is 1.30. The molecule has 3 aromatic rings. The van der Waals surface area contributed by atoms with Crippen molar-refractivity contribution in [1.29, 1.82) is 0 Å². The quantitative estimate of drug-likeness (QED) is 0.509. The lowest BCUT2D eigenvalue weighted by Gasteiger charge is -2.11. The molecular weight excluding hydrogens is 438 g/mol. The van der Waals surface area contributed by atoms with Crippen LogP contribution in [-0.4, -0.2) is 41.8 Å². The molecule has 0 bridgehead atoms. The molecule has 0 unspecified atom stereocenters. The van der Waals surface area contributed by atoms with Crippen LogP contribution < -0.4 is 10.1 Å². The average molecular weight is 460 g/mol. The summed E-state index contributed by atoms with van der Waals surface area (Å²) in [6.07, 6.45) is 1.04. The van der Waals surface area contributed by atoms with E-state index >= 15 is 0 Å². The van der Waals surface area contributed by atoms with Gasteiger partial charge in [0, 0.05) is 6.42 Å². The van der Waals surface area contributed by atoms with E-state index in [4.69, 9.17) is 9.15 Å². The van der Waals surface area contributed by atoms with Crippen molar-refractivity contribution in [3.63, 3.8) is 0 Å². The maximum absolute atomic E-state index is 12.4. The number of carbonyl (C=O) groups is 1. The average Bonchev–Trinajstić information content (AvgIpc) is 3.34. The van der Waals surface area contributed by atoms with Crippen LogP contribution >= 0.6 is 11.8 Å². The van der Waals surface area contributed by atoms with Crippen LogP contribution in [0.4, 0.5) is 5.69 Å². The van der Waals surface area contributed by atoms with Crippen molar-refractivity contribution in [2.24, 2.45) is 5.92 Å². The van der Waals surface area contributed by atoms with Gasteiger partial charge in [-0.15, -0.1) is 10.2 Å². The highest BCUT2D eigenvalue weighted by atomic mass is 32.2. The molecular formula is C21H21N3O5S2. The van der Waals surface area contributed by atoms with Crippen molar-refractivity contribution >= 4 is 33.2 Å². The second-order valence-electron chi connectivity index (χ2n) is 7.18. The van der Waals surface area contributed by atoms with Crippen LogP contribution in [0.25, 0.3) is 0 Å². The third-order valence-electron chi connectivity index (χ3n) is 4.70. The lowest BCUT2D eigenvalue weighted by atomic mass is 10.1. The van der Waals surface area contributed by atoms with Gasteiger partial charge in [0.1, 0.15) is 5.75 Å². The number of ether oxygens (including phenoxy) is 1. The molecule has 0 saturated carbocycles. The molecule has 0 radical (unpaired) electrons. The molecule has 1 aromatic heterocycles. The number of sulfone groups is 1. The van der Waals surface area contributed by atoms with E-state index in [1.54, 1.807) is 12.1 Å². The summed E-state index contributed by atoms with van der Waals surface area (Å²) in [5.74, 6) is 1.83. The SMILES string of the molecule is O=C(CSc1nnc(C[C@@H]2CCS(=O)(=O)C2)o1)Nc1ccccc1Oc1ccccc1. The number of para-hydroxylation sites is 3. The molecule has 8 nitrogen and oxygen atoms in total. The van der Waals surface area contributed by atoms with E-state index in [-0.39, 0.29) is 34.3 Å². The Kier molecular flexibility index (Phi) is 6.57. The van der Waals surface area contributed by atoms with Crippen molar-refractivity contribution in [2.75, 3.05) is 22.6 Å². The fourth-order valence-electron chi connectivity index (χ4n) is 3.25. The first kappa shape index (κ1) is 21.4. The molecule has 1 aliphatic rings. The van der Waals surface area contributed by atoms with Gasteiger partial charge in [0.2, 0.25) is 11.8 Å². The van der Waals surface area contributed by atoms with Crippen molar-refractivity contribution in [1.82, 2.24) is 10.2 Å². The smallest absolute Gasteiger partial charge is 0.277 e. The Morgan fingerprint density at radius 3 is 2.68 bits per heavy atom. The van der Waals surface area contributed by atoms with Gasteiger partial charge in [-0.3, -0.25) is 4.79 Å². The van der Waals surface area contributed by atoms with Gasteiger partial charge >= 0.3 is 0 Å². The van der Waals surface area contributed by atoms with Gasteiger partial charge in [0.25, 0.3) is 5.22 Å². The summed E-state index contributed by atoms with van der Waals surface area (Å²) in [5, 5.41) is 11.0. The first-order valence-corrected chi connectivity index (χ1v) is 12.5. The molecule has 1 amide bonds. The molecule has 10 heteroatoms. The Labute approximate surface area is 184 Å². The molecule has 31 heavy (non-hydrogen) atoms. The largest absolute Gasteiger partial charge is 0.455 e. The summed E-state index contributed by atoms with van der Waals surface area (Å²) in [7, 11) is -2.94. The first-order valence-electron chi connectivity index (χ1n) is 9.74. The molecule has 162 valence electrons. The number of nitrogens with zero attached hydrogens (tertiary/aromatic N) is 2. The second-order valence-corrected chi connectivity index (χ2v) is 10.3. The highest BCUT2D eigenvalue weighted by molar-refractivity contribution is 7.99. The molecule has 1 atom stereocenters. The summed E-state index contributed by atoms with van der Waals surface area (Å²) >= 11 is 1.12. The number of nitrogens with one attached hydrogen (secondary N) is 1. The van der Waals surface area contributed by atoms with Crippen LogP contribution in [0.5, 0.6) is 11.5 Å². The third-order valence-corrected chi connectivity index (χ3v) is 7.35. The number of thioether (sulfide) groups is 1. The van der Waals surface area contributed by atoms with Gasteiger partial charge < -0.3 is 14.5 Å². The Hall–Kier alpha value is -2.85. The zero-order valence-electron chi connectivity index (χ0n) is 16.6. The van der Waals surface area contributed by atoms with Crippen molar-refractivity contribution in [2.45, 2.75) is 18.1 Å². The fourth-order valence-corrected chi connectivity index (χ4v) is 5.69. The maximum Gasteiger partial charge on any atom is 0.277 e. The molecule has 1 aliphatic heterocycles. The summed E-state index contributed by atoms with van der Waals surface area (Å²) < 4.78 is 34.5. The van der Waals surface area contributed by atoms with E-state index < -0.39 is 9.84 Å². The Morgan fingerprint density at radius 1 is 1.13 bits per heavy atom. The summed E-state index contributed by atoms with van der Waals surface area (Å²) in [6, 6.07) is 16.5.